The van der Waals surface area contributed by atoms with Gasteiger partial charge in [-0.1, -0.05) is 0 Å². The van der Waals surface area contributed by atoms with Crippen LogP contribution >= 0.6 is 27.3 Å². The van der Waals surface area contributed by atoms with Gasteiger partial charge in [-0.3, -0.25) is 4.79 Å². The minimum absolute atomic E-state index is 0.00139. The molecule has 0 spiro atoms. The van der Waals surface area contributed by atoms with Gasteiger partial charge in [0, 0.05) is 21.9 Å². The standard InChI is InChI=1S/C9H12BrNO2S/c1-6(4-9(12)13)11-5-8-7(10)2-3-14-8/h2-3,6,11H,4-5H2,1H3,(H,12,13). The Bertz CT molecular complexity index is 314. The predicted octanol–water partition coefficient (Wildman–Crippen LogP) is 2.46. The highest BCUT2D eigenvalue weighted by Gasteiger charge is 2.08. The van der Waals surface area contributed by atoms with Crippen molar-refractivity contribution in [2.75, 3.05) is 0 Å². The second-order valence-corrected chi connectivity index (χ2v) is 4.93. The van der Waals surface area contributed by atoms with Crippen LogP contribution in [0.1, 0.15) is 18.2 Å². The molecule has 1 rings (SSSR count). The molecule has 78 valence electrons. The fourth-order valence-corrected chi connectivity index (χ4v) is 2.50. The van der Waals surface area contributed by atoms with Crippen LogP contribution < -0.4 is 5.32 Å². The van der Waals surface area contributed by atoms with E-state index in [0.29, 0.717) is 6.54 Å². The second kappa shape index (κ2) is 5.48. The molecule has 0 aliphatic rings. The molecule has 2 N–H and O–H groups in total. The van der Waals surface area contributed by atoms with E-state index in [1.54, 1.807) is 11.3 Å². The van der Waals surface area contributed by atoms with E-state index in [9.17, 15) is 4.79 Å². The average molecular weight is 278 g/mol. The first-order chi connectivity index (χ1) is 6.59. The Labute approximate surface area is 95.3 Å². The zero-order valence-electron chi connectivity index (χ0n) is 7.79. The molecule has 1 aromatic heterocycles. The minimum Gasteiger partial charge on any atom is -0.481 e. The van der Waals surface area contributed by atoms with Gasteiger partial charge >= 0.3 is 5.97 Å². The van der Waals surface area contributed by atoms with Gasteiger partial charge in [0.1, 0.15) is 0 Å². The predicted molar refractivity (Wildman–Crippen MR) is 60.6 cm³/mol. The maximum Gasteiger partial charge on any atom is 0.304 e. The van der Waals surface area contributed by atoms with E-state index in [4.69, 9.17) is 5.11 Å². The lowest BCUT2D eigenvalue weighted by Crippen LogP contribution is -2.27. The SMILES string of the molecule is CC(CC(=O)O)NCc1sccc1Br. The van der Waals surface area contributed by atoms with Crippen molar-refractivity contribution in [2.45, 2.75) is 25.9 Å². The third-order valence-corrected chi connectivity index (χ3v) is 3.71. The van der Waals surface area contributed by atoms with Gasteiger partial charge in [-0.2, -0.15) is 0 Å². The molecule has 0 bridgehead atoms. The van der Waals surface area contributed by atoms with E-state index in [0.717, 1.165) is 4.47 Å². The van der Waals surface area contributed by atoms with E-state index in [2.05, 4.69) is 21.2 Å². The molecule has 0 aliphatic heterocycles. The zero-order valence-corrected chi connectivity index (χ0v) is 10.2. The smallest absolute Gasteiger partial charge is 0.304 e. The van der Waals surface area contributed by atoms with Crippen LogP contribution in [0.3, 0.4) is 0 Å². The fraction of sp³-hybridized carbons (Fsp3) is 0.444. The normalized spacial score (nSPS) is 12.7. The molecule has 1 unspecified atom stereocenters. The van der Waals surface area contributed by atoms with Crippen LogP contribution in [0.2, 0.25) is 0 Å². The van der Waals surface area contributed by atoms with Gasteiger partial charge in [0.2, 0.25) is 0 Å². The lowest BCUT2D eigenvalue weighted by atomic mass is 10.2. The first-order valence-electron chi connectivity index (χ1n) is 4.26. The highest BCUT2D eigenvalue weighted by Crippen LogP contribution is 2.22. The van der Waals surface area contributed by atoms with Crippen molar-refractivity contribution in [1.29, 1.82) is 0 Å². The van der Waals surface area contributed by atoms with Gasteiger partial charge in [0.25, 0.3) is 0 Å². The van der Waals surface area contributed by atoms with Crippen LogP contribution in [0, 0.1) is 0 Å². The maximum absolute atomic E-state index is 10.4. The van der Waals surface area contributed by atoms with Crippen molar-refractivity contribution in [3.05, 3.63) is 20.8 Å². The van der Waals surface area contributed by atoms with Crippen molar-refractivity contribution in [2.24, 2.45) is 0 Å². The van der Waals surface area contributed by atoms with Crippen LogP contribution in [-0.2, 0) is 11.3 Å². The number of aliphatic carboxylic acids is 1. The molecular formula is C9H12BrNO2S. The second-order valence-electron chi connectivity index (χ2n) is 3.07. The van der Waals surface area contributed by atoms with E-state index < -0.39 is 5.97 Å². The summed E-state index contributed by atoms with van der Waals surface area (Å²) < 4.78 is 1.08. The lowest BCUT2D eigenvalue weighted by Gasteiger charge is -2.10. The van der Waals surface area contributed by atoms with Crippen molar-refractivity contribution < 1.29 is 9.90 Å². The van der Waals surface area contributed by atoms with Crippen molar-refractivity contribution in [3.63, 3.8) is 0 Å². The Morgan fingerprint density at radius 3 is 3.00 bits per heavy atom. The molecule has 5 heteroatoms. The van der Waals surface area contributed by atoms with Crippen LogP contribution in [0.25, 0.3) is 0 Å². The number of thiophene rings is 1. The Balaban J connectivity index is 2.34. The Kier molecular flexibility index (Phi) is 4.57. The van der Waals surface area contributed by atoms with E-state index in [-0.39, 0.29) is 12.5 Å². The van der Waals surface area contributed by atoms with Crippen LogP contribution in [-0.4, -0.2) is 17.1 Å². The zero-order chi connectivity index (χ0) is 10.6. The summed E-state index contributed by atoms with van der Waals surface area (Å²) in [6.07, 6.45) is 0.156. The molecule has 3 nitrogen and oxygen atoms in total. The van der Waals surface area contributed by atoms with Crippen molar-refractivity contribution >= 4 is 33.2 Å². The topological polar surface area (TPSA) is 49.3 Å². The van der Waals surface area contributed by atoms with Crippen LogP contribution in [0.4, 0.5) is 0 Å². The van der Waals surface area contributed by atoms with Crippen LogP contribution in [0.15, 0.2) is 15.9 Å². The quantitative estimate of drug-likeness (QED) is 0.869. The number of nitrogens with one attached hydrogen (secondary N) is 1. The van der Waals surface area contributed by atoms with Crippen molar-refractivity contribution in [3.8, 4) is 0 Å². The van der Waals surface area contributed by atoms with E-state index in [1.165, 1.54) is 4.88 Å². The summed E-state index contributed by atoms with van der Waals surface area (Å²) in [6.45, 7) is 2.59. The molecule has 0 aliphatic carbocycles. The van der Waals surface area contributed by atoms with Gasteiger partial charge in [-0.15, -0.1) is 11.3 Å². The number of halogens is 1. The van der Waals surface area contributed by atoms with Gasteiger partial charge < -0.3 is 10.4 Å². The van der Waals surface area contributed by atoms with Crippen LogP contribution in [0.5, 0.6) is 0 Å². The van der Waals surface area contributed by atoms with E-state index in [1.807, 2.05) is 18.4 Å². The summed E-state index contributed by atoms with van der Waals surface area (Å²) in [7, 11) is 0. The minimum atomic E-state index is -0.768. The summed E-state index contributed by atoms with van der Waals surface area (Å²) in [5.74, 6) is -0.768. The molecule has 0 saturated carbocycles. The molecule has 0 saturated heterocycles. The summed E-state index contributed by atoms with van der Waals surface area (Å²) in [5.41, 5.74) is 0. The third-order valence-electron chi connectivity index (χ3n) is 1.78. The molecule has 14 heavy (non-hydrogen) atoms. The van der Waals surface area contributed by atoms with Gasteiger partial charge in [-0.05, 0) is 34.3 Å². The summed E-state index contributed by atoms with van der Waals surface area (Å²) in [6, 6.07) is 1.99. The summed E-state index contributed by atoms with van der Waals surface area (Å²) in [5, 5.41) is 13.7. The number of carboxylic acids is 1. The largest absolute Gasteiger partial charge is 0.481 e. The highest BCUT2D eigenvalue weighted by molar-refractivity contribution is 9.10. The Morgan fingerprint density at radius 1 is 1.79 bits per heavy atom. The molecule has 0 radical (unpaired) electrons. The highest BCUT2D eigenvalue weighted by atomic mass is 79.9. The number of hydrogen-bond acceptors (Lipinski definition) is 3. The molecular weight excluding hydrogens is 266 g/mol. The lowest BCUT2D eigenvalue weighted by molar-refractivity contribution is -0.137. The summed E-state index contributed by atoms with van der Waals surface area (Å²) in [4.78, 5) is 11.6. The number of carboxylic acid groups (broad SMARTS) is 1. The number of rotatable bonds is 5. The molecule has 0 amide bonds. The molecule has 0 aromatic carbocycles. The Morgan fingerprint density at radius 2 is 2.50 bits per heavy atom. The average Bonchev–Trinajstić information content (AvgIpc) is 2.46. The first kappa shape index (κ1) is 11.7. The molecule has 0 fully saturated rings. The fourth-order valence-electron chi connectivity index (χ4n) is 1.05. The Hall–Kier alpha value is -0.390. The molecule has 1 aromatic rings. The van der Waals surface area contributed by atoms with E-state index >= 15 is 0 Å². The monoisotopic (exact) mass is 277 g/mol. The maximum atomic E-state index is 10.4. The van der Waals surface area contributed by atoms with Gasteiger partial charge in [-0.25, -0.2) is 0 Å². The summed E-state index contributed by atoms with van der Waals surface area (Å²) >= 11 is 5.07. The number of carbonyl (C=O) groups is 1. The van der Waals surface area contributed by atoms with Crippen molar-refractivity contribution in [1.82, 2.24) is 5.32 Å². The third kappa shape index (κ3) is 3.77. The van der Waals surface area contributed by atoms with Gasteiger partial charge in [0.15, 0.2) is 0 Å². The van der Waals surface area contributed by atoms with Gasteiger partial charge in [0.05, 0.1) is 6.42 Å². The molecule has 1 heterocycles. The molecule has 1 atom stereocenters. The number of hydrogen-bond donors (Lipinski definition) is 2. The first-order valence-corrected chi connectivity index (χ1v) is 5.94.